The van der Waals surface area contributed by atoms with Crippen LogP contribution >= 0.6 is 0 Å². The van der Waals surface area contributed by atoms with Crippen molar-refractivity contribution in [3.8, 4) is 0 Å². The van der Waals surface area contributed by atoms with E-state index in [9.17, 15) is 8.42 Å². The first-order valence-electron chi connectivity index (χ1n) is 7.33. The van der Waals surface area contributed by atoms with Crippen molar-refractivity contribution >= 4 is 10.0 Å². The fraction of sp³-hybridized carbons (Fsp3) is 1.00. The van der Waals surface area contributed by atoms with Gasteiger partial charge in [-0.05, 0) is 44.1 Å². The van der Waals surface area contributed by atoms with Crippen LogP contribution < -0.4 is 4.72 Å². The van der Waals surface area contributed by atoms with Gasteiger partial charge in [-0.25, -0.2) is 13.1 Å². The van der Waals surface area contributed by atoms with Gasteiger partial charge in [-0.2, -0.15) is 0 Å². The molecule has 1 saturated heterocycles. The van der Waals surface area contributed by atoms with Crippen molar-refractivity contribution in [2.45, 2.75) is 44.6 Å². The Kier molecular flexibility index (Phi) is 3.65. The third kappa shape index (κ3) is 3.93. The third-order valence-electron chi connectivity index (χ3n) is 4.32. The Morgan fingerprint density at radius 3 is 2.44 bits per heavy atom. The lowest BCUT2D eigenvalue weighted by Crippen LogP contribution is -2.38. The van der Waals surface area contributed by atoms with Crippen molar-refractivity contribution in [3.05, 3.63) is 0 Å². The monoisotopic (exact) mass is 272 g/mol. The summed E-state index contributed by atoms with van der Waals surface area (Å²) in [5, 5.41) is 0. The van der Waals surface area contributed by atoms with E-state index in [0.717, 1.165) is 31.8 Å². The topological polar surface area (TPSA) is 49.4 Å². The number of nitrogens with zero attached hydrogens (tertiary/aromatic N) is 1. The van der Waals surface area contributed by atoms with Gasteiger partial charge in [-0.3, -0.25) is 0 Å². The molecule has 3 fully saturated rings. The van der Waals surface area contributed by atoms with E-state index in [1.807, 2.05) is 0 Å². The van der Waals surface area contributed by atoms with Crippen molar-refractivity contribution in [3.63, 3.8) is 0 Å². The number of nitrogens with one attached hydrogen (secondary N) is 1. The summed E-state index contributed by atoms with van der Waals surface area (Å²) in [6, 6.07) is 0.160. The van der Waals surface area contributed by atoms with Crippen LogP contribution in [0.5, 0.6) is 0 Å². The molecule has 0 aromatic carbocycles. The molecule has 5 heteroatoms. The smallest absolute Gasteiger partial charge is 0.211 e. The molecule has 1 N–H and O–H groups in total. The Hall–Kier alpha value is -0.130. The van der Waals surface area contributed by atoms with Crippen LogP contribution in [0, 0.1) is 11.8 Å². The molecule has 3 rings (SSSR count). The minimum absolute atomic E-state index is 0.160. The number of likely N-dealkylation sites (tertiary alicyclic amines) is 1. The van der Waals surface area contributed by atoms with Crippen molar-refractivity contribution in [1.29, 1.82) is 0 Å². The van der Waals surface area contributed by atoms with Gasteiger partial charge >= 0.3 is 0 Å². The van der Waals surface area contributed by atoms with Gasteiger partial charge in [0.2, 0.25) is 10.0 Å². The molecule has 0 amide bonds. The lowest BCUT2D eigenvalue weighted by Gasteiger charge is -2.16. The van der Waals surface area contributed by atoms with Gasteiger partial charge in [-0.15, -0.1) is 0 Å². The summed E-state index contributed by atoms with van der Waals surface area (Å²) >= 11 is 0. The molecule has 2 saturated carbocycles. The maximum absolute atomic E-state index is 11.9. The summed E-state index contributed by atoms with van der Waals surface area (Å²) in [5.74, 6) is 1.92. The lowest BCUT2D eigenvalue weighted by molar-refractivity contribution is 0.318. The van der Waals surface area contributed by atoms with Crippen LogP contribution in [0.4, 0.5) is 0 Å². The summed E-state index contributed by atoms with van der Waals surface area (Å²) in [6.07, 6.45) is 7.04. The van der Waals surface area contributed by atoms with Gasteiger partial charge < -0.3 is 4.90 Å². The normalized spacial score (nSPS) is 29.9. The van der Waals surface area contributed by atoms with Crippen molar-refractivity contribution < 1.29 is 8.42 Å². The lowest BCUT2D eigenvalue weighted by atomic mass is 10.3. The largest absolute Gasteiger partial charge is 0.301 e. The fourth-order valence-electron chi connectivity index (χ4n) is 2.80. The van der Waals surface area contributed by atoms with Crippen LogP contribution in [-0.2, 0) is 10.0 Å². The molecule has 1 heterocycles. The molecule has 2 aliphatic carbocycles. The highest BCUT2D eigenvalue weighted by Crippen LogP contribution is 2.33. The average molecular weight is 272 g/mol. The van der Waals surface area contributed by atoms with Gasteiger partial charge in [0.05, 0.1) is 5.75 Å². The molecule has 4 nitrogen and oxygen atoms in total. The fourth-order valence-corrected chi connectivity index (χ4v) is 4.26. The zero-order valence-electron chi connectivity index (χ0n) is 11.0. The van der Waals surface area contributed by atoms with Gasteiger partial charge in [0.25, 0.3) is 0 Å². The first kappa shape index (κ1) is 12.9. The van der Waals surface area contributed by atoms with E-state index in [0.29, 0.717) is 11.7 Å². The van der Waals surface area contributed by atoms with E-state index >= 15 is 0 Å². The van der Waals surface area contributed by atoms with Crippen molar-refractivity contribution in [2.75, 3.05) is 25.4 Å². The van der Waals surface area contributed by atoms with Crippen LogP contribution in [0.1, 0.15) is 38.5 Å². The van der Waals surface area contributed by atoms with Crippen LogP contribution in [0.3, 0.4) is 0 Å². The highest BCUT2D eigenvalue weighted by molar-refractivity contribution is 7.89. The predicted octanol–water partition coefficient (Wildman–Crippen LogP) is 1.19. The first-order valence-corrected chi connectivity index (χ1v) is 8.98. The van der Waals surface area contributed by atoms with Crippen molar-refractivity contribution in [1.82, 2.24) is 9.62 Å². The van der Waals surface area contributed by atoms with Gasteiger partial charge in [0.15, 0.2) is 0 Å². The minimum atomic E-state index is -3.03. The molecule has 3 aliphatic rings. The average Bonchev–Trinajstić information content (AvgIpc) is 3.19. The molecule has 1 aliphatic heterocycles. The standard InChI is InChI=1S/C13H24N2O2S/c16-18(17,8-6-11-1-2-11)14-13-5-7-15(10-13)9-12-3-4-12/h11-14H,1-10H2/t13-/m1/s1. The summed E-state index contributed by atoms with van der Waals surface area (Å²) in [5.41, 5.74) is 0. The molecule has 0 unspecified atom stereocenters. The maximum atomic E-state index is 11.9. The Labute approximate surface area is 110 Å². The minimum Gasteiger partial charge on any atom is -0.301 e. The van der Waals surface area contributed by atoms with Crippen LogP contribution in [-0.4, -0.2) is 44.7 Å². The molecule has 0 spiro atoms. The maximum Gasteiger partial charge on any atom is 0.211 e. The third-order valence-corrected chi connectivity index (χ3v) is 5.79. The SMILES string of the molecule is O=S(=O)(CCC1CC1)N[C@@H]1CCN(CC2CC2)C1. The van der Waals surface area contributed by atoms with E-state index in [-0.39, 0.29) is 6.04 Å². The Bertz CT molecular complexity index is 388. The number of hydrogen-bond acceptors (Lipinski definition) is 3. The predicted molar refractivity (Wildman–Crippen MR) is 71.8 cm³/mol. The Balaban J connectivity index is 1.41. The Morgan fingerprint density at radius 2 is 1.78 bits per heavy atom. The molecule has 0 bridgehead atoms. The summed E-state index contributed by atoms with van der Waals surface area (Å²) < 4.78 is 26.8. The zero-order chi connectivity index (χ0) is 12.6. The molecule has 0 aromatic rings. The van der Waals surface area contributed by atoms with Crippen LogP contribution in [0.2, 0.25) is 0 Å². The van der Waals surface area contributed by atoms with Crippen LogP contribution in [0.15, 0.2) is 0 Å². The van der Waals surface area contributed by atoms with Crippen molar-refractivity contribution in [2.24, 2.45) is 11.8 Å². The molecule has 1 atom stereocenters. The highest BCUT2D eigenvalue weighted by Gasteiger charge is 2.31. The second-order valence-electron chi connectivity index (χ2n) is 6.36. The van der Waals surface area contributed by atoms with Crippen LogP contribution in [0.25, 0.3) is 0 Å². The molecular weight excluding hydrogens is 248 g/mol. The molecule has 0 aromatic heterocycles. The second-order valence-corrected chi connectivity index (χ2v) is 8.23. The van der Waals surface area contributed by atoms with E-state index in [4.69, 9.17) is 0 Å². The van der Waals surface area contributed by atoms with Gasteiger partial charge in [0.1, 0.15) is 0 Å². The molecular formula is C13H24N2O2S. The number of hydrogen-bond donors (Lipinski definition) is 1. The van der Waals surface area contributed by atoms with E-state index in [1.54, 1.807) is 0 Å². The van der Waals surface area contributed by atoms with Gasteiger partial charge in [-0.1, -0.05) is 12.8 Å². The van der Waals surface area contributed by atoms with E-state index in [1.165, 1.54) is 32.2 Å². The number of rotatable bonds is 7. The zero-order valence-corrected chi connectivity index (χ0v) is 11.8. The Morgan fingerprint density at radius 1 is 1.06 bits per heavy atom. The summed E-state index contributed by atoms with van der Waals surface area (Å²) in [7, 11) is -3.03. The van der Waals surface area contributed by atoms with E-state index < -0.39 is 10.0 Å². The highest BCUT2D eigenvalue weighted by atomic mass is 32.2. The molecule has 0 radical (unpaired) electrons. The van der Waals surface area contributed by atoms with Gasteiger partial charge in [0, 0.05) is 19.1 Å². The second kappa shape index (κ2) is 5.10. The molecule has 104 valence electrons. The van der Waals surface area contributed by atoms with E-state index in [2.05, 4.69) is 9.62 Å². The quantitative estimate of drug-likeness (QED) is 0.757. The summed E-state index contributed by atoms with van der Waals surface area (Å²) in [4.78, 5) is 2.42. The first-order chi connectivity index (χ1) is 8.61. The summed E-state index contributed by atoms with van der Waals surface area (Å²) in [6.45, 7) is 3.16. The number of sulfonamides is 1. The molecule has 18 heavy (non-hydrogen) atoms.